The van der Waals surface area contributed by atoms with Gasteiger partial charge in [-0.15, -0.1) is 0 Å². The molecule has 22 heavy (non-hydrogen) atoms. The van der Waals surface area contributed by atoms with Crippen LogP contribution in [0.15, 0.2) is 18.6 Å². The first kappa shape index (κ1) is 16.7. The average molecular weight is 306 g/mol. The Hall–Kier alpha value is -1.69. The van der Waals surface area contributed by atoms with E-state index in [1.807, 2.05) is 25.7 Å². The molecular weight excluding hydrogens is 280 g/mol. The third-order valence-corrected chi connectivity index (χ3v) is 3.69. The molecule has 0 spiro atoms. The fraction of sp³-hybridized carbons (Fsp3) is 0.688. The number of amides is 1. The standard InChI is InChI=1S/C16H26N4O2/c1-12(14-11-17-7-8-18-14)19-10-13-6-5-9-20(13)15(21)22-16(2,3)4/h7-8,11-13,19H,5-6,9-10H2,1-4H3/t12-,13+/m0/s1. The van der Waals surface area contributed by atoms with Crippen LogP contribution in [0.25, 0.3) is 0 Å². The molecule has 2 rings (SSSR count). The van der Waals surface area contributed by atoms with Crippen molar-refractivity contribution in [1.29, 1.82) is 0 Å². The third kappa shape index (κ3) is 4.66. The summed E-state index contributed by atoms with van der Waals surface area (Å²) in [5.74, 6) is 0. The molecule has 0 unspecified atom stereocenters. The Balaban J connectivity index is 1.87. The molecule has 0 bridgehead atoms. The SMILES string of the molecule is C[C@H](NC[C@H]1CCCN1C(=O)OC(C)(C)C)c1cnccn1. The molecule has 6 nitrogen and oxygen atoms in total. The van der Waals surface area contributed by atoms with E-state index in [0.29, 0.717) is 0 Å². The summed E-state index contributed by atoms with van der Waals surface area (Å²) >= 11 is 0. The molecule has 2 atom stereocenters. The van der Waals surface area contributed by atoms with Crippen molar-refractivity contribution < 1.29 is 9.53 Å². The van der Waals surface area contributed by atoms with E-state index in [-0.39, 0.29) is 18.2 Å². The number of ether oxygens (including phenoxy) is 1. The van der Waals surface area contributed by atoms with Crippen LogP contribution < -0.4 is 5.32 Å². The molecule has 0 saturated carbocycles. The summed E-state index contributed by atoms with van der Waals surface area (Å²) in [5, 5.41) is 3.44. The third-order valence-electron chi connectivity index (χ3n) is 3.69. The normalized spacial score (nSPS) is 20.0. The van der Waals surface area contributed by atoms with Crippen molar-refractivity contribution >= 4 is 6.09 Å². The van der Waals surface area contributed by atoms with Crippen LogP contribution in [0, 0.1) is 0 Å². The Bertz CT molecular complexity index is 487. The Morgan fingerprint density at radius 1 is 1.50 bits per heavy atom. The molecule has 0 aromatic carbocycles. The van der Waals surface area contributed by atoms with Crippen molar-refractivity contribution in [2.24, 2.45) is 0 Å². The van der Waals surface area contributed by atoms with Crippen LogP contribution in [-0.2, 0) is 4.74 Å². The number of hydrogen-bond donors (Lipinski definition) is 1. The summed E-state index contributed by atoms with van der Waals surface area (Å²) in [7, 11) is 0. The molecule has 2 heterocycles. The van der Waals surface area contributed by atoms with Crippen molar-refractivity contribution in [3.63, 3.8) is 0 Å². The van der Waals surface area contributed by atoms with E-state index < -0.39 is 5.60 Å². The van der Waals surface area contributed by atoms with Crippen molar-refractivity contribution in [2.75, 3.05) is 13.1 Å². The van der Waals surface area contributed by atoms with Crippen LogP contribution in [0.2, 0.25) is 0 Å². The molecule has 1 aliphatic rings. The fourth-order valence-corrected chi connectivity index (χ4v) is 2.56. The first-order valence-corrected chi connectivity index (χ1v) is 7.86. The van der Waals surface area contributed by atoms with Gasteiger partial charge in [0.15, 0.2) is 0 Å². The number of carbonyl (C=O) groups is 1. The molecule has 1 N–H and O–H groups in total. The summed E-state index contributed by atoms with van der Waals surface area (Å²) in [6.45, 7) is 9.23. The summed E-state index contributed by atoms with van der Waals surface area (Å²) < 4.78 is 5.48. The molecule has 1 aromatic heterocycles. The van der Waals surface area contributed by atoms with Gasteiger partial charge in [0.05, 0.1) is 5.69 Å². The van der Waals surface area contributed by atoms with Crippen LogP contribution >= 0.6 is 0 Å². The largest absolute Gasteiger partial charge is 0.444 e. The number of rotatable bonds is 4. The molecule has 1 aliphatic heterocycles. The van der Waals surface area contributed by atoms with Crippen LogP contribution in [-0.4, -0.2) is 45.7 Å². The zero-order valence-corrected chi connectivity index (χ0v) is 13.9. The highest BCUT2D eigenvalue weighted by Crippen LogP contribution is 2.21. The van der Waals surface area contributed by atoms with E-state index in [1.165, 1.54) is 0 Å². The van der Waals surface area contributed by atoms with Crippen molar-refractivity contribution in [3.8, 4) is 0 Å². The Morgan fingerprint density at radius 3 is 2.91 bits per heavy atom. The number of hydrogen-bond acceptors (Lipinski definition) is 5. The van der Waals surface area contributed by atoms with Crippen molar-refractivity contribution in [1.82, 2.24) is 20.2 Å². The van der Waals surface area contributed by atoms with E-state index in [1.54, 1.807) is 18.6 Å². The average Bonchev–Trinajstić information content (AvgIpc) is 2.92. The van der Waals surface area contributed by atoms with Gasteiger partial charge in [-0.25, -0.2) is 4.79 Å². The van der Waals surface area contributed by atoms with Gasteiger partial charge in [0, 0.05) is 43.8 Å². The minimum Gasteiger partial charge on any atom is -0.444 e. The maximum Gasteiger partial charge on any atom is 0.410 e. The zero-order chi connectivity index (χ0) is 16.2. The molecule has 1 saturated heterocycles. The highest BCUT2D eigenvalue weighted by atomic mass is 16.6. The van der Waals surface area contributed by atoms with Gasteiger partial charge in [0.25, 0.3) is 0 Å². The minimum atomic E-state index is -0.454. The number of aromatic nitrogens is 2. The minimum absolute atomic E-state index is 0.106. The van der Waals surface area contributed by atoms with Crippen LogP contribution in [0.3, 0.4) is 0 Å². The lowest BCUT2D eigenvalue weighted by Gasteiger charge is -2.29. The molecular formula is C16H26N4O2. The van der Waals surface area contributed by atoms with Gasteiger partial charge >= 0.3 is 6.09 Å². The highest BCUT2D eigenvalue weighted by Gasteiger charge is 2.32. The lowest BCUT2D eigenvalue weighted by Crippen LogP contribution is -2.44. The molecule has 122 valence electrons. The quantitative estimate of drug-likeness (QED) is 0.926. The molecule has 6 heteroatoms. The lowest BCUT2D eigenvalue weighted by atomic mass is 10.2. The van der Waals surface area contributed by atoms with Crippen molar-refractivity contribution in [2.45, 2.75) is 58.2 Å². The molecule has 1 amide bonds. The Labute approximate surface area is 132 Å². The Morgan fingerprint density at radius 2 is 2.27 bits per heavy atom. The van der Waals surface area contributed by atoms with Gasteiger partial charge in [-0.2, -0.15) is 0 Å². The second kappa shape index (κ2) is 7.05. The maximum atomic E-state index is 12.2. The first-order chi connectivity index (χ1) is 10.4. The number of carbonyl (C=O) groups excluding carboxylic acids is 1. The molecule has 0 radical (unpaired) electrons. The summed E-state index contributed by atoms with van der Waals surface area (Å²) in [6, 6.07) is 0.281. The summed E-state index contributed by atoms with van der Waals surface area (Å²) in [5.41, 5.74) is 0.453. The van der Waals surface area contributed by atoms with E-state index in [2.05, 4.69) is 22.2 Å². The second-order valence-electron chi connectivity index (χ2n) is 6.73. The van der Waals surface area contributed by atoms with Crippen LogP contribution in [0.5, 0.6) is 0 Å². The molecule has 0 aliphatic carbocycles. The second-order valence-corrected chi connectivity index (χ2v) is 6.73. The van der Waals surface area contributed by atoms with Crippen LogP contribution in [0.4, 0.5) is 4.79 Å². The smallest absolute Gasteiger partial charge is 0.410 e. The molecule has 1 aromatic rings. The molecule has 1 fully saturated rings. The maximum absolute atomic E-state index is 12.2. The van der Waals surface area contributed by atoms with E-state index in [4.69, 9.17) is 4.74 Å². The van der Waals surface area contributed by atoms with E-state index >= 15 is 0 Å². The van der Waals surface area contributed by atoms with Gasteiger partial charge in [0.1, 0.15) is 5.60 Å². The predicted octanol–water partition coefficient (Wildman–Crippen LogP) is 2.53. The monoisotopic (exact) mass is 306 g/mol. The number of nitrogens with one attached hydrogen (secondary N) is 1. The topological polar surface area (TPSA) is 67.4 Å². The van der Waals surface area contributed by atoms with Gasteiger partial charge in [0.2, 0.25) is 0 Å². The predicted molar refractivity (Wildman–Crippen MR) is 84.4 cm³/mol. The highest BCUT2D eigenvalue weighted by molar-refractivity contribution is 5.69. The summed E-state index contributed by atoms with van der Waals surface area (Å²) in [6.07, 6.45) is 6.92. The van der Waals surface area contributed by atoms with E-state index in [9.17, 15) is 4.79 Å². The lowest BCUT2D eigenvalue weighted by molar-refractivity contribution is 0.0225. The van der Waals surface area contributed by atoms with E-state index in [0.717, 1.165) is 31.6 Å². The fourth-order valence-electron chi connectivity index (χ4n) is 2.56. The summed E-state index contributed by atoms with van der Waals surface area (Å²) in [4.78, 5) is 22.5. The van der Waals surface area contributed by atoms with Crippen LogP contribution in [0.1, 0.15) is 52.3 Å². The Kier molecular flexibility index (Phi) is 5.34. The number of nitrogens with zero attached hydrogens (tertiary/aromatic N) is 3. The number of likely N-dealkylation sites (tertiary alicyclic amines) is 1. The van der Waals surface area contributed by atoms with Gasteiger partial charge in [-0.05, 0) is 40.5 Å². The zero-order valence-electron chi connectivity index (χ0n) is 13.9. The first-order valence-electron chi connectivity index (χ1n) is 7.86. The van der Waals surface area contributed by atoms with Gasteiger partial charge < -0.3 is 15.0 Å². The van der Waals surface area contributed by atoms with Crippen molar-refractivity contribution in [3.05, 3.63) is 24.3 Å². The van der Waals surface area contributed by atoms with Gasteiger partial charge in [-0.3, -0.25) is 9.97 Å². The van der Waals surface area contributed by atoms with Gasteiger partial charge in [-0.1, -0.05) is 0 Å².